The molecule has 0 saturated heterocycles. The molecule has 1 unspecified atom stereocenters. The van der Waals surface area contributed by atoms with Gasteiger partial charge >= 0.3 is 5.97 Å². The predicted octanol–water partition coefficient (Wildman–Crippen LogP) is 6.50. The number of carboxylic acid groups (broad SMARTS) is 1. The SMILES string of the molecule is Cc1cc2ccc(C#CC(C)(C)N)cc2c(-c2ccc(Cl)cc2)c1C(OC(C)(C)C)C(=O)O. The maximum atomic E-state index is 12.4. The largest absolute Gasteiger partial charge is 0.479 e. The number of aliphatic carboxylic acids is 1. The Balaban J connectivity index is 2.40. The summed E-state index contributed by atoms with van der Waals surface area (Å²) < 4.78 is 6.05. The molecule has 0 bridgehead atoms. The lowest BCUT2D eigenvalue weighted by Crippen LogP contribution is -2.29. The lowest BCUT2D eigenvalue weighted by atomic mass is 9.86. The Kier molecular flexibility index (Phi) is 6.91. The van der Waals surface area contributed by atoms with Gasteiger partial charge in [-0.05, 0) is 93.3 Å². The van der Waals surface area contributed by atoms with Gasteiger partial charge < -0.3 is 15.6 Å². The second-order valence-electron chi connectivity index (χ2n) is 9.85. The number of rotatable bonds is 4. The number of fused-ring (bicyclic) bond motifs is 1. The molecule has 3 aromatic carbocycles. The third-order valence-electron chi connectivity index (χ3n) is 5.01. The maximum Gasteiger partial charge on any atom is 0.337 e. The molecule has 3 rings (SSSR count). The normalized spacial score (nSPS) is 12.8. The molecule has 0 aromatic heterocycles. The van der Waals surface area contributed by atoms with Gasteiger partial charge in [0.15, 0.2) is 6.10 Å². The van der Waals surface area contributed by atoms with Gasteiger partial charge in [-0.2, -0.15) is 0 Å². The van der Waals surface area contributed by atoms with Crippen molar-refractivity contribution in [2.45, 2.75) is 58.8 Å². The first-order chi connectivity index (χ1) is 15.2. The minimum absolute atomic E-state index is 0.606. The highest BCUT2D eigenvalue weighted by Gasteiger charge is 2.31. The van der Waals surface area contributed by atoms with E-state index in [0.717, 1.165) is 33.0 Å². The summed E-state index contributed by atoms with van der Waals surface area (Å²) >= 11 is 6.15. The molecule has 1 atom stereocenters. The van der Waals surface area contributed by atoms with Crippen molar-refractivity contribution in [2.24, 2.45) is 5.73 Å². The monoisotopic (exact) mass is 463 g/mol. The first kappa shape index (κ1) is 24.8. The summed E-state index contributed by atoms with van der Waals surface area (Å²) in [6.07, 6.45) is -1.14. The van der Waals surface area contributed by atoms with Crippen LogP contribution in [-0.4, -0.2) is 22.2 Å². The molecule has 4 nitrogen and oxygen atoms in total. The van der Waals surface area contributed by atoms with Crippen molar-refractivity contribution >= 4 is 28.3 Å². The van der Waals surface area contributed by atoms with Crippen LogP contribution in [0.5, 0.6) is 0 Å². The van der Waals surface area contributed by atoms with E-state index in [0.29, 0.717) is 10.6 Å². The Bertz CT molecular complexity index is 1250. The van der Waals surface area contributed by atoms with Crippen LogP contribution in [0, 0.1) is 18.8 Å². The first-order valence-electron chi connectivity index (χ1n) is 10.8. The van der Waals surface area contributed by atoms with Crippen LogP contribution in [0.15, 0.2) is 48.5 Å². The van der Waals surface area contributed by atoms with Crippen LogP contribution in [0.25, 0.3) is 21.9 Å². The van der Waals surface area contributed by atoms with Crippen molar-refractivity contribution in [3.8, 4) is 23.0 Å². The van der Waals surface area contributed by atoms with Crippen LogP contribution in [0.2, 0.25) is 5.02 Å². The Morgan fingerprint density at radius 2 is 1.70 bits per heavy atom. The quantitative estimate of drug-likeness (QED) is 0.433. The summed E-state index contributed by atoms with van der Waals surface area (Å²) in [5.74, 6) is 5.17. The Hall–Kier alpha value is -2.84. The van der Waals surface area contributed by atoms with Crippen LogP contribution in [0.1, 0.15) is 57.4 Å². The summed E-state index contributed by atoms with van der Waals surface area (Å²) in [7, 11) is 0. The highest BCUT2D eigenvalue weighted by Crippen LogP contribution is 2.41. The molecule has 172 valence electrons. The van der Waals surface area contributed by atoms with Crippen molar-refractivity contribution in [3.05, 3.63) is 70.2 Å². The van der Waals surface area contributed by atoms with Crippen molar-refractivity contribution in [2.75, 3.05) is 0 Å². The average molecular weight is 464 g/mol. The van der Waals surface area contributed by atoms with Crippen LogP contribution < -0.4 is 5.73 Å². The van der Waals surface area contributed by atoms with E-state index in [4.69, 9.17) is 22.1 Å². The van der Waals surface area contributed by atoms with Gasteiger partial charge in [-0.25, -0.2) is 4.79 Å². The predicted molar refractivity (Wildman–Crippen MR) is 135 cm³/mol. The molecule has 0 fully saturated rings. The third-order valence-corrected chi connectivity index (χ3v) is 5.26. The second-order valence-corrected chi connectivity index (χ2v) is 10.3. The van der Waals surface area contributed by atoms with Crippen molar-refractivity contribution in [3.63, 3.8) is 0 Å². The minimum atomic E-state index is -1.14. The number of aryl methyl sites for hydroxylation is 1. The summed E-state index contributed by atoms with van der Waals surface area (Å²) in [4.78, 5) is 12.4. The summed E-state index contributed by atoms with van der Waals surface area (Å²) in [5.41, 5.74) is 8.68. The average Bonchev–Trinajstić information content (AvgIpc) is 2.69. The molecule has 3 aromatic rings. The van der Waals surface area contributed by atoms with Crippen LogP contribution in [0.4, 0.5) is 0 Å². The zero-order valence-corrected chi connectivity index (χ0v) is 20.7. The molecule has 0 heterocycles. The Morgan fingerprint density at radius 1 is 1.06 bits per heavy atom. The van der Waals surface area contributed by atoms with Crippen LogP contribution in [0.3, 0.4) is 0 Å². The zero-order chi connectivity index (χ0) is 24.6. The number of ether oxygens (including phenoxy) is 1. The van der Waals surface area contributed by atoms with E-state index in [9.17, 15) is 9.90 Å². The summed E-state index contributed by atoms with van der Waals surface area (Å²) in [6.45, 7) is 11.2. The fourth-order valence-corrected chi connectivity index (χ4v) is 3.84. The number of halogens is 1. The molecule has 0 spiro atoms. The van der Waals surface area contributed by atoms with Crippen molar-refractivity contribution < 1.29 is 14.6 Å². The molecule has 0 aliphatic heterocycles. The smallest absolute Gasteiger partial charge is 0.337 e. The van der Waals surface area contributed by atoms with E-state index in [-0.39, 0.29) is 0 Å². The molecule has 33 heavy (non-hydrogen) atoms. The molecule has 5 heteroatoms. The Morgan fingerprint density at radius 3 is 2.24 bits per heavy atom. The number of benzene rings is 3. The number of nitrogens with two attached hydrogens (primary N) is 1. The fourth-order valence-electron chi connectivity index (χ4n) is 3.71. The molecule has 0 aliphatic carbocycles. The van der Waals surface area contributed by atoms with Gasteiger partial charge in [-0.1, -0.05) is 47.7 Å². The summed E-state index contributed by atoms with van der Waals surface area (Å²) in [5, 5.41) is 12.6. The van der Waals surface area contributed by atoms with E-state index in [1.54, 1.807) is 12.1 Å². The highest BCUT2D eigenvalue weighted by molar-refractivity contribution is 6.30. The fraction of sp³-hybridized carbons (Fsp3) is 0.321. The number of carbonyl (C=O) groups is 1. The van der Waals surface area contributed by atoms with Gasteiger partial charge in [-0.3, -0.25) is 0 Å². The minimum Gasteiger partial charge on any atom is -0.479 e. The topological polar surface area (TPSA) is 72.5 Å². The first-order valence-corrected chi connectivity index (χ1v) is 11.2. The number of carboxylic acids is 1. The molecule has 0 amide bonds. The Labute approximate surface area is 200 Å². The number of hydrogen-bond acceptors (Lipinski definition) is 3. The van der Waals surface area contributed by atoms with Gasteiger partial charge in [0.25, 0.3) is 0 Å². The second kappa shape index (κ2) is 9.19. The van der Waals surface area contributed by atoms with Gasteiger partial charge in [0.2, 0.25) is 0 Å². The van der Waals surface area contributed by atoms with Gasteiger partial charge in [0, 0.05) is 16.1 Å². The molecular weight excluding hydrogens is 434 g/mol. The molecule has 0 saturated carbocycles. The van der Waals surface area contributed by atoms with E-state index in [1.165, 1.54) is 0 Å². The number of hydrogen-bond donors (Lipinski definition) is 2. The molecular formula is C28H30ClNO3. The van der Waals surface area contributed by atoms with Crippen molar-refractivity contribution in [1.29, 1.82) is 0 Å². The summed E-state index contributed by atoms with van der Waals surface area (Å²) in [6, 6.07) is 15.3. The lowest BCUT2D eigenvalue weighted by Gasteiger charge is -2.28. The maximum absolute atomic E-state index is 12.4. The standard InChI is InChI=1S/C28H30ClNO3/c1-17-15-20-8-7-18(13-14-28(5,6)30)16-22(20)24(19-9-11-21(29)12-10-19)23(17)25(26(31)32)33-27(2,3)4/h7-12,15-16,25H,30H2,1-6H3,(H,31,32). The third kappa shape index (κ3) is 6.15. The van der Waals surface area contributed by atoms with Crippen LogP contribution in [-0.2, 0) is 9.53 Å². The van der Waals surface area contributed by atoms with Crippen molar-refractivity contribution in [1.82, 2.24) is 0 Å². The zero-order valence-electron chi connectivity index (χ0n) is 19.9. The molecule has 3 N–H and O–H groups in total. The van der Waals surface area contributed by atoms with Gasteiger partial charge in [0.1, 0.15) is 0 Å². The van der Waals surface area contributed by atoms with Gasteiger partial charge in [-0.15, -0.1) is 0 Å². The van der Waals surface area contributed by atoms with Gasteiger partial charge in [0.05, 0.1) is 11.1 Å². The lowest BCUT2D eigenvalue weighted by molar-refractivity contribution is -0.160. The van der Waals surface area contributed by atoms with E-state index in [2.05, 4.69) is 11.8 Å². The van der Waals surface area contributed by atoms with Crippen LogP contribution >= 0.6 is 11.6 Å². The molecule has 0 radical (unpaired) electrons. The van der Waals surface area contributed by atoms with E-state index in [1.807, 2.05) is 77.9 Å². The van der Waals surface area contributed by atoms with E-state index >= 15 is 0 Å². The van der Waals surface area contributed by atoms with E-state index < -0.39 is 23.2 Å². The highest BCUT2D eigenvalue weighted by atomic mass is 35.5. The molecule has 0 aliphatic rings.